The van der Waals surface area contributed by atoms with Gasteiger partial charge < -0.3 is 5.73 Å². The van der Waals surface area contributed by atoms with Crippen molar-refractivity contribution < 1.29 is 13.2 Å². The predicted octanol–water partition coefficient (Wildman–Crippen LogP) is 1.02. The lowest BCUT2D eigenvalue weighted by Crippen LogP contribution is -2.03. The Morgan fingerprint density at radius 1 is 1.36 bits per heavy atom. The summed E-state index contributed by atoms with van der Waals surface area (Å²) in [5.74, 6) is 0. The molecular formula is C4H4F3N3S. The van der Waals surface area contributed by atoms with Gasteiger partial charge in [0.2, 0.25) is 5.01 Å². The van der Waals surface area contributed by atoms with Gasteiger partial charge in [0, 0.05) is 6.54 Å². The number of alkyl halides is 3. The van der Waals surface area contributed by atoms with E-state index in [9.17, 15) is 13.2 Å². The van der Waals surface area contributed by atoms with Crippen molar-refractivity contribution in [3.63, 3.8) is 0 Å². The highest BCUT2D eigenvalue weighted by Gasteiger charge is 2.35. The zero-order valence-electron chi connectivity index (χ0n) is 5.22. The SMILES string of the molecule is NCc1nnc(C(F)(F)F)s1. The van der Waals surface area contributed by atoms with E-state index < -0.39 is 11.2 Å². The van der Waals surface area contributed by atoms with Crippen molar-refractivity contribution in [2.75, 3.05) is 0 Å². The van der Waals surface area contributed by atoms with Gasteiger partial charge in [0.15, 0.2) is 0 Å². The fourth-order valence-corrected chi connectivity index (χ4v) is 1.04. The van der Waals surface area contributed by atoms with E-state index in [0.717, 1.165) is 0 Å². The van der Waals surface area contributed by atoms with E-state index in [2.05, 4.69) is 10.2 Å². The molecule has 1 aromatic heterocycles. The van der Waals surface area contributed by atoms with Crippen LogP contribution in [-0.2, 0) is 12.7 Å². The predicted molar refractivity (Wildman–Crippen MR) is 32.8 cm³/mol. The minimum absolute atomic E-state index is 0.00620. The monoisotopic (exact) mass is 183 g/mol. The van der Waals surface area contributed by atoms with Crippen LogP contribution in [0.3, 0.4) is 0 Å². The minimum atomic E-state index is -4.40. The van der Waals surface area contributed by atoms with E-state index in [1.54, 1.807) is 0 Å². The Morgan fingerprint density at radius 2 is 2.00 bits per heavy atom. The second kappa shape index (κ2) is 2.74. The average Bonchev–Trinajstić information content (AvgIpc) is 2.32. The molecule has 0 spiro atoms. The molecule has 2 N–H and O–H groups in total. The average molecular weight is 183 g/mol. The van der Waals surface area contributed by atoms with Crippen LogP contribution in [0.25, 0.3) is 0 Å². The van der Waals surface area contributed by atoms with Crippen LogP contribution in [0.4, 0.5) is 13.2 Å². The fourth-order valence-electron chi connectivity index (χ4n) is 0.451. The fraction of sp³-hybridized carbons (Fsp3) is 0.500. The highest BCUT2D eigenvalue weighted by atomic mass is 32.1. The minimum Gasteiger partial charge on any atom is -0.324 e. The number of nitrogens with two attached hydrogens (primary N) is 1. The van der Waals surface area contributed by atoms with Crippen LogP contribution in [0.1, 0.15) is 10.0 Å². The molecule has 0 unspecified atom stereocenters. The smallest absolute Gasteiger partial charge is 0.324 e. The van der Waals surface area contributed by atoms with Gasteiger partial charge >= 0.3 is 6.18 Å². The zero-order valence-corrected chi connectivity index (χ0v) is 6.04. The van der Waals surface area contributed by atoms with Crippen molar-refractivity contribution in [1.82, 2.24) is 10.2 Å². The first-order valence-corrected chi connectivity index (χ1v) is 3.45. The lowest BCUT2D eigenvalue weighted by Gasteiger charge is -1.97. The summed E-state index contributed by atoms with van der Waals surface area (Å²) in [6.45, 7) is -0.00620. The van der Waals surface area contributed by atoms with Crippen LogP contribution in [0.5, 0.6) is 0 Å². The van der Waals surface area contributed by atoms with Crippen LogP contribution < -0.4 is 5.73 Å². The molecule has 3 nitrogen and oxygen atoms in total. The second-order valence-electron chi connectivity index (χ2n) is 1.70. The molecule has 0 saturated heterocycles. The van der Waals surface area contributed by atoms with Gasteiger partial charge in [-0.15, -0.1) is 10.2 Å². The van der Waals surface area contributed by atoms with Crippen LogP contribution in [0.2, 0.25) is 0 Å². The third kappa shape index (κ3) is 1.87. The third-order valence-electron chi connectivity index (χ3n) is 0.884. The Balaban J connectivity index is 2.89. The van der Waals surface area contributed by atoms with Crippen LogP contribution in [0.15, 0.2) is 0 Å². The molecule has 0 aromatic carbocycles. The van der Waals surface area contributed by atoms with Crippen molar-refractivity contribution >= 4 is 11.3 Å². The van der Waals surface area contributed by atoms with Crippen molar-refractivity contribution in [3.05, 3.63) is 10.0 Å². The molecule has 62 valence electrons. The van der Waals surface area contributed by atoms with E-state index in [1.165, 1.54) is 0 Å². The summed E-state index contributed by atoms with van der Waals surface area (Å²) in [7, 11) is 0. The standard InChI is InChI=1S/C4H4F3N3S/c5-4(6,7)3-10-9-2(1-8)11-3/h1,8H2. The molecule has 1 rings (SSSR count). The van der Waals surface area contributed by atoms with Crippen LogP contribution >= 0.6 is 11.3 Å². The first-order valence-electron chi connectivity index (χ1n) is 2.63. The summed E-state index contributed by atoms with van der Waals surface area (Å²) < 4.78 is 35.4. The maximum atomic E-state index is 11.8. The molecule has 0 fully saturated rings. The lowest BCUT2D eigenvalue weighted by atomic mass is 10.7. The summed E-state index contributed by atoms with van der Waals surface area (Å²) in [5.41, 5.74) is 5.05. The van der Waals surface area contributed by atoms with E-state index in [0.29, 0.717) is 11.3 Å². The molecular weight excluding hydrogens is 179 g/mol. The van der Waals surface area contributed by atoms with E-state index in [-0.39, 0.29) is 11.6 Å². The number of nitrogens with zero attached hydrogens (tertiary/aromatic N) is 2. The molecule has 0 aliphatic carbocycles. The summed E-state index contributed by atoms with van der Waals surface area (Å²) >= 11 is 0.468. The van der Waals surface area contributed by atoms with Crippen molar-refractivity contribution in [3.8, 4) is 0 Å². The summed E-state index contributed by atoms with van der Waals surface area (Å²) in [6, 6.07) is 0. The zero-order chi connectivity index (χ0) is 8.48. The van der Waals surface area contributed by atoms with Crippen LogP contribution in [0, 0.1) is 0 Å². The quantitative estimate of drug-likeness (QED) is 0.707. The second-order valence-corrected chi connectivity index (χ2v) is 2.76. The Bertz CT molecular complexity index is 243. The van der Waals surface area contributed by atoms with Gasteiger partial charge in [0.1, 0.15) is 5.01 Å². The number of hydrogen-bond donors (Lipinski definition) is 1. The van der Waals surface area contributed by atoms with Crippen molar-refractivity contribution in [1.29, 1.82) is 0 Å². The number of halogens is 3. The van der Waals surface area contributed by atoms with E-state index in [4.69, 9.17) is 5.73 Å². The molecule has 0 amide bonds. The first kappa shape index (κ1) is 8.41. The first-order chi connectivity index (χ1) is 5.04. The third-order valence-corrected chi connectivity index (χ3v) is 1.87. The van der Waals surface area contributed by atoms with Gasteiger partial charge in [0.25, 0.3) is 0 Å². The molecule has 0 aliphatic rings. The Kier molecular flexibility index (Phi) is 2.10. The van der Waals surface area contributed by atoms with Crippen LogP contribution in [-0.4, -0.2) is 10.2 Å². The Hall–Kier alpha value is -0.690. The summed E-state index contributed by atoms with van der Waals surface area (Å²) in [6.07, 6.45) is -4.40. The number of aromatic nitrogens is 2. The number of hydrogen-bond acceptors (Lipinski definition) is 4. The molecule has 11 heavy (non-hydrogen) atoms. The van der Waals surface area contributed by atoms with Gasteiger partial charge in [-0.2, -0.15) is 13.2 Å². The molecule has 1 aromatic rings. The lowest BCUT2D eigenvalue weighted by molar-refractivity contribution is -0.138. The highest BCUT2D eigenvalue weighted by molar-refractivity contribution is 7.11. The molecule has 0 radical (unpaired) electrons. The van der Waals surface area contributed by atoms with Gasteiger partial charge in [-0.25, -0.2) is 0 Å². The molecule has 0 aliphatic heterocycles. The molecule has 7 heteroatoms. The normalized spacial score (nSPS) is 12.0. The molecule has 0 bridgehead atoms. The van der Waals surface area contributed by atoms with Gasteiger partial charge in [-0.1, -0.05) is 11.3 Å². The molecule has 0 saturated carbocycles. The number of rotatable bonds is 1. The summed E-state index contributed by atoms with van der Waals surface area (Å²) in [4.78, 5) is 0. The summed E-state index contributed by atoms with van der Waals surface area (Å²) in [5, 5.41) is 5.39. The highest BCUT2D eigenvalue weighted by Crippen LogP contribution is 2.31. The van der Waals surface area contributed by atoms with Gasteiger partial charge in [0.05, 0.1) is 0 Å². The maximum absolute atomic E-state index is 11.8. The largest absolute Gasteiger partial charge is 0.445 e. The maximum Gasteiger partial charge on any atom is 0.445 e. The van der Waals surface area contributed by atoms with Gasteiger partial charge in [-0.3, -0.25) is 0 Å². The van der Waals surface area contributed by atoms with Crippen molar-refractivity contribution in [2.45, 2.75) is 12.7 Å². The van der Waals surface area contributed by atoms with Crippen molar-refractivity contribution in [2.24, 2.45) is 5.73 Å². The van der Waals surface area contributed by atoms with E-state index >= 15 is 0 Å². The Morgan fingerprint density at radius 3 is 2.27 bits per heavy atom. The van der Waals surface area contributed by atoms with Gasteiger partial charge in [-0.05, 0) is 0 Å². The molecule has 0 atom stereocenters. The Labute approximate surface area is 64.0 Å². The van der Waals surface area contributed by atoms with E-state index in [1.807, 2.05) is 0 Å². The molecule has 1 heterocycles. The topological polar surface area (TPSA) is 51.8 Å².